The largest absolute Gasteiger partial charge is 0.302 e. The maximum absolute atomic E-state index is 12.9. The van der Waals surface area contributed by atoms with Gasteiger partial charge in [0.05, 0.1) is 11.8 Å². The van der Waals surface area contributed by atoms with E-state index in [0.29, 0.717) is 0 Å². The van der Waals surface area contributed by atoms with Gasteiger partial charge in [-0.3, -0.25) is 4.68 Å². The summed E-state index contributed by atoms with van der Waals surface area (Å²) < 4.78 is 16.9. The Balaban J connectivity index is 1.79. The number of aromatic nitrogens is 5. The zero-order chi connectivity index (χ0) is 16.2. The third kappa shape index (κ3) is 3.44. The minimum atomic E-state index is -0.217. The maximum atomic E-state index is 12.9. The van der Waals surface area contributed by atoms with Gasteiger partial charge in [-0.15, -0.1) is 10.2 Å². The summed E-state index contributed by atoms with van der Waals surface area (Å²) in [4.78, 5) is 0. The predicted molar refractivity (Wildman–Crippen MR) is 88.6 cm³/mol. The van der Waals surface area contributed by atoms with E-state index >= 15 is 0 Å². The molecule has 0 aliphatic heterocycles. The van der Waals surface area contributed by atoms with Crippen LogP contribution in [-0.2, 0) is 18.8 Å². The summed E-state index contributed by atoms with van der Waals surface area (Å²) in [7, 11) is 0. The predicted octanol–water partition coefficient (Wildman–Crippen LogP) is 3.61. The Morgan fingerprint density at radius 2 is 1.87 bits per heavy atom. The van der Waals surface area contributed by atoms with Crippen LogP contribution in [0, 0.1) is 5.82 Å². The molecule has 5 nitrogen and oxygen atoms in total. The lowest BCUT2D eigenvalue weighted by Gasteiger charge is -2.06. The molecular weight excluding hydrogens is 313 g/mol. The Labute approximate surface area is 138 Å². The van der Waals surface area contributed by atoms with E-state index in [9.17, 15) is 4.39 Å². The van der Waals surface area contributed by atoms with Crippen LogP contribution in [0.1, 0.15) is 19.4 Å². The second-order valence-electron chi connectivity index (χ2n) is 5.05. The van der Waals surface area contributed by atoms with E-state index in [0.717, 1.165) is 41.0 Å². The standard InChI is InChI=1S/C16H18FN5S/c1-3-21-10-13(9-18-21)15-19-20-16(22(15)4-2)23-11-12-5-7-14(17)8-6-12/h5-10H,3-4,11H2,1-2H3. The molecule has 0 unspecified atom stereocenters. The van der Waals surface area contributed by atoms with Gasteiger partial charge >= 0.3 is 0 Å². The lowest BCUT2D eigenvalue weighted by Crippen LogP contribution is -1.99. The average Bonchev–Trinajstić information content (AvgIpc) is 3.20. The normalized spacial score (nSPS) is 11.1. The topological polar surface area (TPSA) is 48.5 Å². The van der Waals surface area contributed by atoms with Crippen molar-refractivity contribution in [2.24, 2.45) is 0 Å². The molecule has 0 bridgehead atoms. The number of halogens is 1. The highest BCUT2D eigenvalue weighted by atomic mass is 32.2. The molecule has 0 amide bonds. The first kappa shape index (κ1) is 15.7. The van der Waals surface area contributed by atoms with Gasteiger partial charge in [0.1, 0.15) is 5.82 Å². The zero-order valence-electron chi connectivity index (χ0n) is 13.1. The third-order valence-electron chi connectivity index (χ3n) is 3.53. The first-order valence-corrected chi connectivity index (χ1v) is 8.53. The van der Waals surface area contributed by atoms with Crippen molar-refractivity contribution in [3.05, 3.63) is 48.0 Å². The molecule has 0 N–H and O–H groups in total. The van der Waals surface area contributed by atoms with E-state index in [1.54, 1.807) is 23.9 Å². The molecule has 3 rings (SSSR count). The molecule has 0 fully saturated rings. The molecule has 0 aliphatic rings. The van der Waals surface area contributed by atoms with Crippen LogP contribution in [0.25, 0.3) is 11.4 Å². The van der Waals surface area contributed by atoms with E-state index in [1.165, 1.54) is 12.1 Å². The molecule has 0 aliphatic carbocycles. The average molecular weight is 331 g/mol. The highest BCUT2D eigenvalue weighted by Gasteiger charge is 2.14. The maximum Gasteiger partial charge on any atom is 0.191 e. The van der Waals surface area contributed by atoms with Gasteiger partial charge in [0.2, 0.25) is 0 Å². The fraction of sp³-hybridized carbons (Fsp3) is 0.312. The van der Waals surface area contributed by atoms with Crippen molar-refractivity contribution in [2.75, 3.05) is 0 Å². The van der Waals surface area contributed by atoms with Gasteiger partial charge < -0.3 is 4.57 Å². The summed E-state index contributed by atoms with van der Waals surface area (Å²) in [6, 6.07) is 6.54. The quantitative estimate of drug-likeness (QED) is 0.647. The number of aryl methyl sites for hydroxylation is 1. The Morgan fingerprint density at radius 1 is 1.09 bits per heavy atom. The van der Waals surface area contributed by atoms with Crippen LogP contribution in [0.2, 0.25) is 0 Å². The first-order valence-electron chi connectivity index (χ1n) is 7.54. The third-order valence-corrected chi connectivity index (χ3v) is 4.57. The number of thioether (sulfide) groups is 1. The van der Waals surface area contributed by atoms with Gasteiger partial charge in [0.25, 0.3) is 0 Å². The van der Waals surface area contributed by atoms with Crippen molar-refractivity contribution in [1.82, 2.24) is 24.5 Å². The number of benzene rings is 1. The van der Waals surface area contributed by atoms with Gasteiger partial charge in [-0.05, 0) is 31.5 Å². The first-order chi connectivity index (χ1) is 11.2. The van der Waals surface area contributed by atoms with Crippen molar-refractivity contribution in [3.8, 4) is 11.4 Å². The van der Waals surface area contributed by atoms with Gasteiger partial charge in [0, 0.05) is 25.0 Å². The molecule has 0 atom stereocenters. The molecule has 0 saturated carbocycles. The molecular formula is C16H18FN5S. The van der Waals surface area contributed by atoms with Crippen molar-refractivity contribution in [1.29, 1.82) is 0 Å². The zero-order valence-corrected chi connectivity index (χ0v) is 13.9. The van der Waals surface area contributed by atoms with Crippen LogP contribution in [-0.4, -0.2) is 24.5 Å². The lowest BCUT2D eigenvalue weighted by atomic mass is 10.2. The van der Waals surface area contributed by atoms with Crippen LogP contribution in [0.5, 0.6) is 0 Å². The Hall–Kier alpha value is -2.15. The van der Waals surface area contributed by atoms with Gasteiger partial charge in [-0.2, -0.15) is 5.10 Å². The van der Waals surface area contributed by atoms with E-state index in [2.05, 4.69) is 26.8 Å². The summed E-state index contributed by atoms with van der Waals surface area (Å²) in [6.45, 7) is 5.72. The van der Waals surface area contributed by atoms with Crippen LogP contribution in [0.15, 0.2) is 41.8 Å². The summed E-state index contributed by atoms with van der Waals surface area (Å²) in [5.74, 6) is 1.34. The Morgan fingerprint density at radius 3 is 2.52 bits per heavy atom. The Bertz CT molecular complexity index is 778. The summed E-state index contributed by atoms with van der Waals surface area (Å²) in [5, 5.41) is 13.8. The van der Waals surface area contributed by atoms with E-state index in [4.69, 9.17) is 0 Å². The molecule has 2 heterocycles. The molecule has 120 valence electrons. The number of rotatable bonds is 6. The lowest BCUT2D eigenvalue weighted by molar-refractivity contribution is 0.627. The van der Waals surface area contributed by atoms with Crippen LogP contribution < -0.4 is 0 Å². The SMILES string of the molecule is CCn1cc(-c2nnc(SCc3ccc(F)cc3)n2CC)cn1. The fourth-order valence-electron chi connectivity index (χ4n) is 2.27. The van der Waals surface area contributed by atoms with Crippen LogP contribution in [0.4, 0.5) is 4.39 Å². The number of hydrogen-bond acceptors (Lipinski definition) is 4. The highest BCUT2D eigenvalue weighted by molar-refractivity contribution is 7.98. The molecule has 1 aromatic carbocycles. The minimum absolute atomic E-state index is 0.217. The highest BCUT2D eigenvalue weighted by Crippen LogP contribution is 2.26. The van der Waals surface area contributed by atoms with Crippen molar-refractivity contribution < 1.29 is 4.39 Å². The molecule has 0 spiro atoms. The number of nitrogens with zero attached hydrogens (tertiary/aromatic N) is 5. The molecule has 0 radical (unpaired) electrons. The second kappa shape index (κ2) is 6.95. The summed E-state index contributed by atoms with van der Waals surface area (Å²) in [6.07, 6.45) is 3.79. The van der Waals surface area contributed by atoms with E-state index in [-0.39, 0.29) is 5.82 Å². The molecule has 2 aromatic heterocycles. The summed E-state index contributed by atoms with van der Waals surface area (Å²) >= 11 is 1.60. The van der Waals surface area contributed by atoms with E-state index < -0.39 is 0 Å². The van der Waals surface area contributed by atoms with Crippen LogP contribution in [0.3, 0.4) is 0 Å². The smallest absolute Gasteiger partial charge is 0.191 e. The van der Waals surface area contributed by atoms with Crippen molar-refractivity contribution >= 4 is 11.8 Å². The minimum Gasteiger partial charge on any atom is -0.302 e. The molecule has 0 saturated heterocycles. The van der Waals surface area contributed by atoms with Gasteiger partial charge in [-0.25, -0.2) is 4.39 Å². The number of hydrogen-bond donors (Lipinski definition) is 0. The van der Waals surface area contributed by atoms with E-state index in [1.807, 2.05) is 24.0 Å². The Kier molecular flexibility index (Phi) is 4.76. The van der Waals surface area contributed by atoms with Gasteiger partial charge in [0.15, 0.2) is 11.0 Å². The second-order valence-corrected chi connectivity index (χ2v) is 5.99. The summed E-state index contributed by atoms with van der Waals surface area (Å²) in [5.41, 5.74) is 2.03. The van der Waals surface area contributed by atoms with Crippen molar-refractivity contribution in [3.63, 3.8) is 0 Å². The van der Waals surface area contributed by atoms with Gasteiger partial charge in [-0.1, -0.05) is 23.9 Å². The van der Waals surface area contributed by atoms with Crippen LogP contribution >= 0.6 is 11.8 Å². The fourth-order valence-corrected chi connectivity index (χ4v) is 3.23. The molecule has 23 heavy (non-hydrogen) atoms. The monoisotopic (exact) mass is 331 g/mol. The van der Waals surface area contributed by atoms with Crippen molar-refractivity contribution in [2.45, 2.75) is 37.8 Å². The molecule has 3 aromatic rings. The molecule has 7 heteroatoms.